The molecule has 0 aliphatic carbocycles. The Bertz CT molecular complexity index is 1510. The van der Waals surface area contributed by atoms with E-state index in [4.69, 9.17) is 14.5 Å². The van der Waals surface area contributed by atoms with Crippen molar-refractivity contribution in [2.45, 2.75) is 51.7 Å². The minimum atomic E-state index is -0.118. The van der Waals surface area contributed by atoms with E-state index >= 15 is 0 Å². The smallest absolute Gasteiger partial charge is 0.282 e. The maximum atomic E-state index is 14.0. The number of likely N-dealkylation sites (tertiary alicyclic amines) is 1. The van der Waals surface area contributed by atoms with E-state index in [2.05, 4.69) is 15.0 Å². The van der Waals surface area contributed by atoms with Gasteiger partial charge in [0.2, 0.25) is 0 Å². The predicted molar refractivity (Wildman–Crippen MR) is 150 cm³/mol. The van der Waals surface area contributed by atoms with Crippen LogP contribution in [0.1, 0.15) is 37.8 Å². The highest BCUT2D eigenvalue weighted by Gasteiger charge is 2.26. The van der Waals surface area contributed by atoms with Gasteiger partial charge >= 0.3 is 0 Å². The number of pyridine rings is 1. The fraction of sp³-hybridized carbons (Fsp3) is 0.467. The number of hydrogen-bond donors (Lipinski definition) is 0. The monoisotopic (exact) mass is 528 g/mol. The van der Waals surface area contributed by atoms with Gasteiger partial charge in [-0.2, -0.15) is 5.10 Å². The van der Waals surface area contributed by atoms with Crippen LogP contribution in [0.3, 0.4) is 0 Å². The molecular weight excluding hydrogens is 492 g/mol. The van der Waals surface area contributed by atoms with E-state index in [0.717, 1.165) is 68.2 Å². The van der Waals surface area contributed by atoms with Gasteiger partial charge in [-0.1, -0.05) is 6.07 Å². The van der Waals surface area contributed by atoms with Crippen LogP contribution in [0.5, 0.6) is 5.75 Å². The van der Waals surface area contributed by atoms with Crippen molar-refractivity contribution in [1.29, 1.82) is 0 Å². The van der Waals surface area contributed by atoms with E-state index < -0.39 is 0 Å². The lowest BCUT2D eigenvalue weighted by Crippen LogP contribution is -2.43. The lowest BCUT2D eigenvalue weighted by Gasteiger charge is -2.36. The van der Waals surface area contributed by atoms with Crippen molar-refractivity contribution in [3.8, 4) is 22.8 Å². The second-order valence-corrected chi connectivity index (χ2v) is 10.8. The predicted octanol–water partition coefficient (Wildman–Crippen LogP) is 4.24. The van der Waals surface area contributed by atoms with Gasteiger partial charge in [-0.05, 0) is 75.8 Å². The van der Waals surface area contributed by atoms with Crippen LogP contribution in [-0.2, 0) is 11.3 Å². The van der Waals surface area contributed by atoms with Gasteiger partial charge in [-0.15, -0.1) is 0 Å². The van der Waals surface area contributed by atoms with Crippen LogP contribution in [0, 0.1) is 12.8 Å². The SMILES string of the molecule is COc1cccc(-n2cc3nc(-c4cccnc4C)n(C[C@H]4CCCN(CC5CCCCO5)C4)c(=O)c3n2)c1. The van der Waals surface area contributed by atoms with Crippen LogP contribution in [0.25, 0.3) is 28.1 Å². The summed E-state index contributed by atoms with van der Waals surface area (Å²) in [7, 11) is 1.63. The van der Waals surface area contributed by atoms with Gasteiger partial charge in [-0.25, -0.2) is 9.67 Å². The van der Waals surface area contributed by atoms with Crippen molar-refractivity contribution in [3.63, 3.8) is 0 Å². The quantitative estimate of drug-likeness (QED) is 0.355. The average molecular weight is 529 g/mol. The topological polar surface area (TPSA) is 87.3 Å². The number of rotatable bonds is 7. The van der Waals surface area contributed by atoms with E-state index in [1.54, 1.807) is 18.0 Å². The highest BCUT2D eigenvalue weighted by atomic mass is 16.5. The lowest BCUT2D eigenvalue weighted by atomic mass is 9.96. The van der Waals surface area contributed by atoms with Crippen molar-refractivity contribution >= 4 is 11.0 Å². The number of benzene rings is 1. The molecule has 204 valence electrons. The number of aromatic nitrogens is 5. The molecule has 0 saturated carbocycles. The number of hydrogen-bond acceptors (Lipinski definition) is 7. The second-order valence-electron chi connectivity index (χ2n) is 10.8. The third kappa shape index (κ3) is 5.46. The number of methoxy groups -OCH3 is 1. The van der Waals surface area contributed by atoms with E-state index in [9.17, 15) is 4.79 Å². The standard InChI is InChI=1S/C30H36N6O3/c1-21-26(12-6-13-31-21)29-32-27-20-36(23-9-5-11-24(16-23)38-2)33-28(27)30(37)35(29)18-22-8-7-14-34(17-22)19-25-10-3-4-15-39-25/h5-6,9,11-13,16,20,22,25H,3-4,7-8,10,14-15,17-19H2,1-2H3/t22-,25?/m0/s1. The molecule has 0 amide bonds. The molecule has 0 bridgehead atoms. The van der Waals surface area contributed by atoms with E-state index in [1.807, 2.05) is 54.1 Å². The zero-order valence-corrected chi connectivity index (χ0v) is 22.8. The molecular formula is C30H36N6O3. The number of piperidine rings is 1. The highest BCUT2D eigenvalue weighted by molar-refractivity contribution is 5.76. The van der Waals surface area contributed by atoms with Gasteiger partial charge in [-0.3, -0.25) is 14.3 Å². The van der Waals surface area contributed by atoms with Crippen molar-refractivity contribution in [3.05, 3.63) is 64.8 Å². The Kier molecular flexibility index (Phi) is 7.43. The van der Waals surface area contributed by atoms with Crippen molar-refractivity contribution in [2.75, 3.05) is 33.4 Å². The minimum absolute atomic E-state index is 0.118. The van der Waals surface area contributed by atoms with Crippen molar-refractivity contribution in [1.82, 2.24) is 29.2 Å². The summed E-state index contributed by atoms with van der Waals surface area (Å²) in [5.74, 6) is 1.72. The zero-order valence-electron chi connectivity index (χ0n) is 22.8. The summed E-state index contributed by atoms with van der Waals surface area (Å²) in [4.78, 5) is 26.1. The first-order valence-corrected chi connectivity index (χ1v) is 14.0. The maximum absolute atomic E-state index is 14.0. The Balaban J connectivity index is 1.36. The first-order valence-electron chi connectivity index (χ1n) is 14.0. The molecule has 0 N–H and O–H groups in total. The molecule has 3 aromatic heterocycles. The second kappa shape index (κ2) is 11.3. The van der Waals surface area contributed by atoms with Crippen molar-refractivity contribution < 1.29 is 9.47 Å². The molecule has 2 aliphatic rings. The minimum Gasteiger partial charge on any atom is -0.497 e. The number of aryl methyl sites for hydroxylation is 1. The van der Waals surface area contributed by atoms with Crippen LogP contribution >= 0.6 is 0 Å². The van der Waals surface area contributed by atoms with E-state index in [0.29, 0.717) is 35.4 Å². The summed E-state index contributed by atoms with van der Waals surface area (Å²) in [5, 5.41) is 4.68. The van der Waals surface area contributed by atoms with Crippen LogP contribution in [0.15, 0.2) is 53.6 Å². The van der Waals surface area contributed by atoms with Crippen LogP contribution < -0.4 is 10.3 Å². The Hall–Kier alpha value is -3.56. The zero-order chi connectivity index (χ0) is 26.8. The molecule has 4 aromatic rings. The van der Waals surface area contributed by atoms with Crippen LogP contribution in [0.2, 0.25) is 0 Å². The van der Waals surface area contributed by atoms with Crippen LogP contribution in [-0.4, -0.2) is 68.7 Å². The van der Waals surface area contributed by atoms with E-state index in [1.165, 1.54) is 12.8 Å². The molecule has 0 radical (unpaired) electrons. The molecule has 2 fully saturated rings. The van der Waals surface area contributed by atoms with Gasteiger partial charge < -0.3 is 14.4 Å². The lowest BCUT2D eigenvalue weighted by molar-refractivity contribution is -0.0134. The summed E-state index contributed by atoms with van der Waals surface area (Å²) in [5.41, 5.74) is 3.34. The largest absolute Gasteiger partial charge is 0.497 e. The fourth-order valence-corrected chi connectivity index (χ4v) is 5.94. The molecule has 9 heteroatoms. The highest BCUT2D eigenvalue weighted by Crippen LogP contribution is 2.26. The third-order valence-corrected chi connectivity index (χ3v) is 7.97. The average Bonchev–Trinajstić information content (AvgIpc) is 3.40. The molecule has 1 unspecified atom stereocenters. The van der Waals surface area contributed by atoms with Gasteiger partial charge in [0.1, 0.15) is 17.1 Å². The first kappa shape index (κ1) is 25.7. The Labute approximate surface area is 228 Å². The number of fused-ring (bicyclic) bond motifs is 1. The summed E-state index contributed by atoms with van der Waals surface area (Å²) in [6.45, 7) is 6.44. The normalized spacial score (nSPS) is 20.4. The first-order chi connectivity index (χ1) is 19.1. The molecule has 39 heavy (non-hydrogen) atoms. The Morgan fingerprint density at radius 2 is 2.03 bits per heavy atom. The molecule has 6 rings (SSSR count). The molecule has 2 saturated heterocycles. The Morgan fingerprint density at radius 1 is 1.10 bits per heavy atom. The molecule has 5 heterocycles. The van der Waals surface area contributed by atoms with E-state index in [-0.39, 0.29) is 5.56 Å². The fourth-order valence-electron chi connectivity index (χ4n) is 5.94. The maximum Gasteiger partial charge on any atom is 0.282 e. The van der Waals surface area contributed by atoms with Gasteiger partial charge in [0.05, 0.1) is 25.1 Å². The summed E-state index contributed by atoms with van der Waals surface area (Å²) in [6, 6.07) is 11.5. The molecule has 1 aromatic carbocycles. The van der Waals surface area contributed by atoms with Crippen molar-refractivity contribution in [2.24, 2.45) is 5.92 Å². The van der Waals surface area contributed by atoms with Gasteiger partial charge in [0.15, 0.2) is 5.52 Å². The molecule has 9 nitrogen and oxygen atoms in total. The van der Waals surface area contributed by atoms with Gasteiger partial charge in [0, 0.05) is 49.8 Å². The van der Waals surface area contributed by atoms with Gasteiger partial charge in [0.25, 0.3) is 5.56 Å². The summed E-state index contributed by atoms with van der Waals surface area (Å²) >= 11 is 0. The summed E-state index contributed by atoms with van der Waals surface area (Å²) < 4.78 is 14.9. The molecule has 0 spiro atoms. The molecule has 2 atom stereocenters. The molecule has 2 aliphatic heterocycles. The summed E-state index contributed by atoms with van der Waals surface area (Å²) in [6.07, 6.45) is 9.67. The number of ether oxygens (including phenoxy) is 2. The third-order valence-electron chi connectivity index (χ3n) is 7.97. The van der Waals surface area contributed by atoms with Crippen LogP contribution in [0.4, 0.5) is 0 Å². The Morgan fingerprint density at radius 3 is 2.85 bits per heavy atom. The number of nitrogens with zero attached hydrogens (tertiary/aromatic N) is 6.